The van der Waals surface area contributed by atoms with Crippen LogP contribution >= 0.6 is 0 Å². The molecule has 0 saturated heterocycles. The Hall–Kier alpha value is -1.03. The van der Waals surface area contributed by atoms with E-state index in [2.05, 4.69) is 4.99 Å². The summed E-state index contributed by atoms with van der Waals surface area (Å²) in [5, 5.41) is 8.51. The lowest BCUT2D eigenvalue weighted by atomic mass is 10.2. The van der Waals surface area contributed by atoms with E-state index >= 15 is 0 Å². The maximum absolute atomic E-state index is 8.51. The molecule has 0 spiro atoms. The van der Waals surface area contributed by atoms with Gasteiger partial charge in [0.05, 0.1) is 11.4 Å². The van der Waals surface area contributed by atoms with Crippen molar-refractivity contribution in [3.63, 3.8) is 0 Å². The lowest BCUT2D eigenvalue weighted by molar-refractivity contribution is 0.207. The summed E-state index contributed by atoms with van der Waals surface area (Å²) in [5.41, 5.74) is 8.59. The first-order chi connectivity index (χ1) is 4.88. The predicted molar refractivity (Wildman–Crippen MR) is 38.7 cm³/mol. The Bertz CT molecular complexity index is 174. The van der Waals surface area contributed by atoms with E-state index < -0.39 is 0 Å². The van der Waals surface area contributed by atoms with Crippen molar-refractivity contribution >= 4 is 5.71 Å². The van der Waals surface area contributed by atoms with Crippen LogP contribution in [0.15, 0.2) is 16.9 Å². The molecule has 0 aromatic carbocycles. The average Bonchev–Trinajstić information content (AvgIpc) is 2.43. The number of nitrogens with zero attached hydrogens (tertiary/aromatic N) is 1. The highest BCUT2D eigenvalue weighted by Crippen LogP contribution is 2.08. The fourth-order valence-electron chi connectivity index (χ4n) is 0.957. The minimum Gasteiger partial charge on any atom is -0.403 e. The molecule has 1 aliphatic rings. The van der Waals surface area contributed by atoms with Gasteiger partial charge in [0.15, 0.2) is 0 Å². The topological polar surface area (TPSA) is 70.6 Å². The van der Waals surface area contributed by atoms with Crippen LogP contribution in [0.3, 0.4) is 0 Å². The van der Waals surface area contributed by atoms with Gasteiger partial charge >= 0.3 is 0 Å². The molecule has 0 aliphatic carbocycles. The van der Waals surface area contributed by atoms with E-state index in [1.165, 1.54) is 6.20 Å². The highest BCUT2D eigenvalue weighted by atomic mass is 16.5. The van der Waals surface area contributed by atoms with Crippen LogP contribution in [-0.2, 0) is 0 Å². The van der Waals surface area contributed by atoms with Gasteiger partial charge in [-0.2, -0.15) is 0 Å². The van der Waals surface area contributed by atoms with Crippen LogP contribution in [0, 0.1) is 0 Å². The van der Waals surface area contributed by atoms with Gasteiger partial charge in [0.2, 0.25) is 0 Å². The lowest BCUT2D eigenvalue weighted by Gasteiger charge is -2.01. The molecule has 4 heteroatoms. The van der Waals surface area contributed by atoms with Gasteiger partial charge in [-0.15, -0.1) is 0 Å². The summed E-state index contributed by atoms with van der Waals surface area (Å²) >= 11 is 0. The molecule has 0 aromatic rings. The second-order valence-electron chi connectivity index (χ2n) is 2.12. The number of hydrogen-bond acceptors (Lipinski definition) is 4. The Morgan fingerprint density at radius 1 is 1.80 bits per heavy atom. The molecule has 1 rings (SSSR count). The molecular weight excluding hydrogens is 130 g/mol. The summed E-state index contributed by atoms with van der Waals surface area (Å²) in [7, 11) is 0. The zero-order chi connectivity index (χ0) is 7.40. The molecular formula is C6H11N3O. The van der Waals surface area contributed by atoms with Gasteiger partial charge in [-0.25, -0.2) is 0 Å². The van der Waals surface area contributed by atoms with E-state index in [4.69, 9.17) is 10.9 Å². The quantitative estimate of drug-likeness (QED) is 0.474. The molecule has 1 aliphatic heterocycles. The van der Waals surface area contributed by atoms with Crippen LogP contribution in [0.2, 0.25) is 0 Å². The summed E-state index contributed by atoms with van der Waals surface area (Å²) in [5.74, 6) is 0. The summed E-state index contributed by atoms with van der Waals surface area (Å²) in [6, 6.07) is 0. The number of nitrogens with one attached hydrogen (secondary N) is 1. The van der Waals surface area contributed by atoms with E-state index in [1.807, 2.05) is 5.48 Å². The second-order valence-corrected chi connectivity index (χ2v) is 2.12. The summed E-state index contributed by atoms with van der Waals surface area (Å²) in [6.07, 6.45) is 3.27. The van der Waals surface area contributed by atoms with Crippen molar-refractivity contribution in [1.29, 1.82) is 0 Å². The SMILES string of the molecule is N/C=C(/NO)C1=NCCC1. The first-order valence-electron chi connectivity index (χ1n) is 3.24. The van der Waals surface area contributed by atoms with Crippen LogP contribution in [0.4, 0.5) is 0 Å². The van der Waals surface area contributed by atoms with Crippen molar-refractivity contribution < 1.29 is 5.21 Å². The van der Waals surface area contributed by atoms with E-state index in [9.17, 15) is 0 Å². The molecule has 0 saturated carbocycles. The Morgan fingerprint density at radius 3 is 3.00 bits per heavy atom. The van der Waals surface area contributed by atoms with Gasteiger partial charge in [0, 0.05) is 12.7 Å². The predicted octanol–water partition coefficient (Wildman–Crippen LogP) is 0.0001000. The molecule has 1 heterocycles. The number of rotatable bonds is 2. The number of hydrogen-bond donors (Lipinski definition) is 3. The van der Waals surface area contributed by atoms with Crippen molar-refractivity contribution in [2.45, 2.75) is 12.8 Å². The molecule has 0 amide bonds. The Morgan fingerprint density at radius 2 is 2.60 bits per heavy atom. The van der Waals surface area contributed by atoms with Crippen molar-refractivity contribution in [3.05, 3.63) is 11.9 Å². The Balaban J connectivity index is 2.62. The summed E-state index contributed by atoms with van der Waals surface area (Å²) < 4.78 is 0. The van der Waals surface area contributed by atoms with E-state index in [0.29, 0.717) is 5.70 Å². The minimum absolute atomic E-state index is 0.525. The molecule has 0 bridgehead atoms. The molecule has 0 aromatic heterocycles. The van der Waals surface area contributed by atoms with Crippen LogP contribution in [0.1, 0.15) is 12.8 Å². The van der Waals surface area contributed by atoms with E-state index in [-0.39, 0.29) is 0 Å². The standard InChI is InChI=1S/C6H11N3O/c7-4-6(9-10)5-2-1-3-8-5/h4,9-10H,1-3,7H2/b6-4+. The number of hydroxylamine groups is 1. The molecule has 0 fully saturated rings. The first-order valence-corrected chi connectivity index (χ1v) is 3.24. The smallest absolute Gasteiger partial charge is 0.0966 e. The fraction of sp³-hybridized carbons (Fsp3) is 0.500. The normalized spacial score (nSPS) is 18.9. The zero-order valence-corrected chi connectivity index (χ0v) is 5.67. The average molecular weight is 141 g/mol. The third-order valence-corrected chi connectivity index (χ3v) is 1.47. The van der Waals surface area contributed by atoms with E-state index in [0.717, 1.165) is 25.1 Å². The highest BCUT2D eigenvalue weighted by Gasteiger charge is 2.09. The molecule has 0 radical (unpaired) electrons. The Kier molecular flexibility index (Phi) is 2.28. The summed E-state index contributed by atoms with van der Waals surface area (Å²) in [6.45, 7) is 0.842. The minimum atomic E-state index is 0.525. The highest BCUT2D eigenvalue weighted by molar-refractivity contribution is 6.00. The van der Waals surface area contributed by atoms with Gasteiger partial charge in [0.1, 0.15) is 0 Å². The maximum atomic E-state index is 8.51. The number of nitrogens with two attached hydrogens (primary N) is 1. The van der Waals surface area contributed by atoms with Gasteiger partial charge in [-0.1, -0.05) is 0 Å². The third kappa shape index (κ3) is 1.27. The monoisotopic (exact) mass is 141 g/mol. The first kappa shape index (κ1) is 7.08. The lowest BCUT2D eigenvalue weighted by Crippen LogP contribution is -2.16. The van der Waals surface area contributed by atoms with Crippen LogP contribution in [-0.4, -0.2) is 17.5 Å². The molecule has 4 nitrogen and oxygen atoms in total. The largest absolute Gasteiger partial charge is 0.403 e. The second kappa shape index (κ2) is 3.22. The van der Waals surface area contributed by atoms with E-state index in [1.54, 1.807) is 0 Å². The van der Waals surface area contributed by atoms with Crippen LogP contribution in [0.25, 0.3) is 0 Å². The van der Waals surface area contributed by atoms with Crippen molar-refractivity contribution in [3.8, 4) is 0 Å². The fourth-order valence-corrected chi connectivity index (χ4v) is 0.957. The number of allylic oxidation sites excluding steroid dienone is 1. The van der Waals surface area contributed by atoms with Crippen LogP contribution in [0.5, 0.6) is 0 Å². The van der Waals surface area contributed by atoms with Crippen molar-refractivity contribution in [2.24, 2.45) is 10.7 Å². The van der Waals surface area contributed by atoms with Gasteiger partial charge in [0.25, 0.3) is 0 Å². The zero-order valence-electron chi connectivity index (χ0n) is 5.67. The molecule has 10 heavy (non-hydrogen) atoms. The van der Waals surface area contributed by atoms with Crippen LogP contribution < -0.4 is 11.2 Å². The van der Waals surface area contributed by atoms with Gasteiger partial charge in [-0.3, -0.25) is 15.7 Å². The molecule has 0 unspecified atom stereocenters. The molecule has 4 N–H and O–H groups in total. The maximum Gasteiger partial charge on any atom is 0.0966 e. The molecule has 56 valence electrons. The van der Waals surface area contributed by atoms with Gasteiger partial charge in [-0.05, 0) is 12.8 Å². The number of aliphatic imine (C=N–C) groups is 1. The van der Waals surface area contributed by atoms with Crippen molar-refractivity contribution in [1.82, 2.24) is 5.48 Å². The Labute approximate surface area is 59.4 Å². The van der Waals surface area contributed by atoms with Crippen molar-refractivity contribution in [2.75, 3.05) is 6.54 Å². The molecule has 0 atom stereocenters. The summed E-state index contributed by atoms with van der Waals surface area (Å²) in [4.78, 5) is 4.12. The third-order valence-electron chi connectivity index (χ3n) is 1.47. The van der Waals surface area contributed by atoms with Gasteiger partial charge < -0.3 is 5.73 Å².